The number of ether oxygens (including phenoxy) is 1. The maximum atomic E-state index is 11.4. The predicted molar refractivity (Wildman–Crippen MR) is 78.2 cm³/mol. The van der Waals surface area contributed by atoms with Crippen LogP contribution >= 0.6 is 15.9 Å². The fourth-order valence-corrected chi connectivity index (χ4v) is 2.15. The van der Waals surface area contributed by atoms with E-state index in [1.165, 1.54) is 12.8 Å². The fraction of sp³-hybridized carbons (Fsp3) is 0.500. The molecule has 2 rings (SSSR count). The van der Waals surface area contributed by atoms with Gasteiger partial charge >= 0.3 is 0 Å². The molecule has 0 aromatic heterocycles. The predicted octanol–water partition coefficient (Wildman–Crippen LogP) is 2.21. The Kier molecular flexibility index (Phi) is 4.82. The minimum absolute atomic E-state index is 0.124. The molecule has 1 atom stereocenters. The van der Waals surface area contributed by atoms with Crippen molar-refractivity contribution in [3.8, 4) is 5.75 Å². The summed E-state index contributed by atoms with van der Waals surface area (Å²) >= 11 is 3.53. The number of amides is 1. The van der Waals surface area contributed by atoms with Gasteiger partial charge in [-0.1, -0.05) is 15.9 Å². The van der Waals surface area contributed by atoms with E-state index in [-0.39, 0.29) is 5.91 Å². The highest BCUT2D eigenvalue weighted by atomic mass is 79.9. The highest BCUT2D eigenvalue weighted by Gasteiger charge is 2.20. The van der Waals surface area contributed by atoms with Crippen LogP contribution in [0.15, 0.2) is 22.7 Å². The molecule has 104 valence electrons. The molecule has 1 amide bonds. The molecule has 1 aromatic rings. The minimum atomic E-state index is -0.490. The van der Waals surface area contributed by atoms with Gasteiger partial charge in [0.25, 0.3) is 5.91 Å². The molecule has 1 aliphatic carbocycles. The third-order valence-electron chi connectivity index (χ3n) is 3.10. The molecule has 4 nitrogen and oxygen atoms in total. The van der Waals surface area contributed by atoms with Gasteiger partial charge in [0.15, 0.2) is 6.10 Å². The topological polar surface area (TPSA) is 50.4 Å². The zero-order chi connectivity index (χ0) is 13.8. The molecule has 0 radical (unpaired) electrons. The van der Waals surface area contributed by atoms with Crippen LogP contribution in [0.3, 0.4) is 0 Å². The van der Waals surface area contributed by atoms with Gasteiger partial charge in [0.2, 0.25) is 0 Å². The molecular formula is C14H19BrN2O2. The minimum Gasteiger partial charge on any atom is -0.481 e. The lowest BCUT2D eigenvalue weighted by Crippen LogP contribution is -2.33. The van der Waals surface area contributed by atoms with Crippen LogP contribution in [0.2, 0.25) is 0 Å². The van der Waals surface area contributed by atoms with Crippen molar-refractivity contribution in [2.45, 2.75) is 38.5 Å². The number of carbonyl (C=O) groups is 1. The van der Waals surface area contributed by atoms with Crippen molar-refractivity contribution in [1.29, 1.82) is 0 Å². The third-order valence-corrected chi connectivity index (χ3v) is 3.88. The molecule has 5 heteroatoms. The molecular weight excluding hydrogens is 308 g/mol. The Morgan fingerprint density at radius 2 is 2.26 bits per heavy atom. The van der Waals surface area contributed by atoms with Crippen LogP contribution in [-0.2, 0) is 11.3 Å². The van der Waals surface area contributed by atoms with Crippen LogP contribution in [0.5, 0.6) is 5.75 Å². The lowest BCUT2D eigenvalue weighted by Gasteiger charge is -2.15. The third kappa shape index (κ3) is 4.21. The molecule has 1 fully saturated rings. The Bertz CT molecular complexity index is 461. The summed E-state index contributed by atoms with van der Waals surface area (Å²) in [6, 6.07) is 6.46. The second-order valence-corrected chi connectivity index (χ2v) is 5.64. The number of hydrogen-bond donors (Lipinski definition) is 2. The maximum Gasteiger partial charge on any atom is 0.260 e. The van der Waals surface area contributed by atoms with E-state index < -0.39 is 6.10 Å². The lowest BCUT2D eigenvalue weighted by atomic mass is 10.2. The molecule has 0 heterocycles. The average Bonchev–Trinajstić information content (AvgIpc) is 3.22. The van der Waals surface area contributed by atoms with E-state index in [1.54, 1.807) is 14.0 Å². The first-order chi connectivity index (χ1) is 9.10. The summed E-state index contributed by atoms with van der Waals surface area (Å²) in [5.41, 5.74) is 1.15. The second kappa shape index (κ2) is 6.39. The monoisotopic (exact) mass is 326 g/mol. The average molecular weight is 327 g/mol. The van der Waals surface area contributed by atoms with Gasteiger partial charge < -0.3 is 15.4 Å². The van der Waals surface area contributed by atoms with Gasteiger partial charge in [-0.25, -0.2) is 0 Å². The molecule has 0 spiro atoms. The molecule has 1 saturated carbocycles. The van der Waals surface area contributed by atoms with Crippen LogP contribution in [0.1, 0.15) is 25.3 Å². The summed E-state index contributed by atoms with van der Waals surface area (Å²) in [5, 5.41) is 6.04. The number of rotatable bonds is 6. The Morgan fingerprint density at radius 1 is 1.53 bits per heavy atom. The van der Waals surface area contributed by atoms with Crippen LogP contribution in [0.25, 0.3) is 0 Å². The van der Waals surface area contributed by atoms with Gasteiger partial charge in [0.1, 0.15) is 5.75 Å². The van der Waals surface area contributed by atoms with Crippen LogP contribution in [-0.4, -0.2) is 25.1 Å². The van der Waals surface area contributed by atoms with Crippen LogP contribution in [0, 0.1) is 0 Å². The fourth-order valence-electron chi connectivity index (χ4n) is 1.76. The van der Waals surface area contributed by atoms with Gasteiger partial charge in [-0.05, 0) is 43.5 Å². The second-order valence-electron chi connectivity index (χ2n) is 4.78. The van der Waals surface area contributed by atoms with Crippen LogP contribution in [0.4, 0.5) is 0 Å². The number of nitrogens with one attached hydrogen (secondary N) is 2. The highest BCUT2D eigenvalue weighted by molar-refractivity contribution is 9.10. The van der Waals surface area contributed by atoms with Gasteiger partial charge in [0.05, 0.1) is 0 Å². The Morgan fingerprint density at radius 3 is 2.89 bits per heavy atom. The smallest absolute Gasteiger partial charge is 0.260 e. The van der Waals surface area contributed by atoms with Crippen molar-refractivity contribution in [3.63, 3.8) is 0 Å². The van der Waals surface area contributed by atoms with E-state index in [2.05, 4.69) is 26.6 Å². The standard InChI is InChI=1S/C14H19BrN2O2/c1-9(14(18)16-2)19-12-5-6-13(15)10(7-12)8-17-11-3-4-11/h5-7,9,11,17H,3-4,8H2,1-2H3,(H,16,18). The highest BCUT2D eigenvalue weighted by Crippen LogP contribution is 2.25. The largest absolute Gasteiger partial charge is 0.481 e. The molecule has 2 N–H and O–H groups in total. The van der Waals surface area contributed by atoms with E-state index in [0.29, 0.717) is 11.8 Å². The summed E-state index contributed by atoms with van der Waals surface area (Å²) in [6.07, 6.45) is 2.04. The van der Waals surface area contributed by atoms with E-state index >= 15 is 0 Å². The van der Waals surface area contributed by atoms with E-state index in [1.807, 2.05) is 18.2 Å². The first-order valence-corrected chi connectivity index (χ1v) is 7.29. The maximum absolute atomic E-state index is 11.4. The van der Waals surface area contributed by atoms with Crippen molar-refractivity contribution in [3.05, 3.63) is 28.2 Å². The van der Waals surface area contributed by atoms with Crippen LogP contribution < -0.4 is 15.4 Å². The SMILES string of the molecule is CNC(=O)C(C)Oc1ccc(Br)c(CNC2CC2)c1. The Hall–Kier alpha value is -1.07. The first-order valence-electron chi connectivity index (χ1n) is 6.50. The summed E-state index contributed by atoms with van der Waals surface area (Å²) in [7, 11) is 1.61. The van der Waals surface area contributed by atoms with Crippen molar-refractivity contribution in [2.24, 2.45) is 0 Å². The lowest BCUT2D eigenvalue weighted by molar-refractivity contribution is -0.126. The first kappa shape index (κ1) is 14.3. The van der Waals surface area contributed by atoms with E-state index in [0.717, 1.165) is 16.6 Å². The molecule has 0 bridgehead atoms. The number of benzene rings is 1. The molecule has 0 saturated heterocycles. The summed E-state index contributed by atoms with van der Waals surface area (Å²) < 4.78 is 6.68. The van der Waals surface area contributed by atoms with Gasteiger partial charge in [0, 0.05) is 24.1 Å². The number of likely N-dealkylation sites (N-methyl/N-ethyl adjacent to an activating group) is 1. The molecule has 0 aliphatic heterocycles. The normalized spacial score (nSPS) is 15.9. The zero-order valence-electron chi connectivity index (χ0n) is 11.2. The summed E-state index contributed by atoms with van der Waals surface area (Å²) in [6.45, 7) is 2.56. The van der Waals surface area contributed by atoms with Gasteiger partial charge in [-0.15, -0.1) is 0 Å². The Balaban J connectivity index is 2.00. The van der Waals surface area contributed by atoms with Crippen molar-refractivity contribution in [2.75, 3.05) is 7.05 Å². The number of hydrogen-bond acceptors (Lipinski definition) is 3. The Labute approximate surface area is 122 Å². The molecule has 19 heavy (non-hydrogen) atoms. The quantitative estimate of drug-likeness (QED) is 0.842. The molecule has 1 aliphatic rings. The molecule has 1 unspecified atom stereocenters. The number of carbonyl (C=O) groups excluding carboxylic acids is 1. The van der Waals surface area contributed by atoms with E-state index in [4.69, 9.17) is 4.74 Å². The number of halogens is 1. The van der Waals surface area contributed by atoms with Crippen molar-refractivity contribution in [1.82, 2.24) is 10.6 Å². The summed E-state index contributed by atoms with van der Waals surface area (Å²) in [5.74, 6) is 0.590. The van der Waals surface area contributed by atoms with Crippen molar-refractivity contribution < 1.29 is 9.53 Å². The van der Waals surface area contributed by atoms with Gasteiger partial charge in [-0.2, -0.15) is 0 Å². The zero-order valence-corrected chi connectivity index (χ0v) is 12.8. The van der Waals surface area contributed by atoms with Gasteiger partial charge in [-0.3, -0.25) is 4.79 Å². The van der Waals surface area contributed by atoms with E-state index in [9.17, 15) is 4.79 Å². The van der Waals surface area contributed by atoms with Crippen molar-refractivity contribution >= 4 is 21.8 Å². The summed E-state index contributed by atoms with van der Waals surface area (Å²) in [4.78, 5) is 11.4. The molecule has 1 aromatic carbocycles.